The number of amides is 1. The van der Waals surface area contributed by atoms with E-state index in [1.807, 2.05) is 0 Å². The summed E-state index contributed by atoms with van der Waals surface area (Å²) in [5, 5.41) is 8.72. The zero-order valence-electron chi connectivity index (χ0n) is 7.69. The van der Waals surface area contributed by atoms with E-state index in [-0.39, 0.29) is 18.1 Å². The van der Waals surface area contributed by atoms with Gasteiger partial charge < -0.3 is 14.7 Å². The van der Waals surface area contributed by atoms with E-state index < -0.39 is 6.09 Å². The third-order valence-electron chi connectivity index (χ3n) is 2.25. The highest BCUT2D eigenvalue weighted by atomic mass is 16.5. The fourth-order valence-electron chi connectivity index (χ4n) is 1.55. The molecule has 1 rings (SSSR count). The number of hydrogen-bond donors (Lipinski definition) is 1. The van der Waals surface area contributed by atoms with Crippen molar-refractivity contribution >= 4 is 12.1 Å². The quantitative estimate of drug-likeness (QED) is 0.613. The average Bonchev–Trinajstić information content (AvgIpc) is 2.32. The molecule has 1 N–H and O–H groups in total. The molecular weight excluding hydrogens is 174 g/mol. The molecule has 0 bridgehead atoms. The van der Waals surface area contributed by atoms with Crippen molar-refractivity contribution < 1.29 is 19.4 Å². The SMILES string of the molecule is CC(=O)O[C@H]1CCN(C(=O)O)C1C. The Balaban J connectivity index is 2.54. The zero-order chi connectivity index (χ0) is 10.0. The summed E-state index contributed by atoms with van der Waals surface area (Å²) in [4.78, 5) is 22.5. The highest BCUT2D eigenvalue weighted by Gasteiger charge is 2.35. The Hall–Kier alpha value is -1.26. The molecule has 1 heterocycles. The van der Waals surface area contributed by atoms with Crippen LogP contribution in [0.3, 0.4) is 0 Å². The molecule has 0 spiro atoms. The first-order valence-electron chi connectivity index (χ1n) is 4.19. The number of likely N-dealkylation sites (tertiary alicyclic amines) is 1. The molecule has 1 fully saturated rings. The van der Waals surface area contributed by atoms with Crippen molar-refractivity contribution in [1.29, 1.82) is 0 Å². The molecule has 0 radical (unpaired) electrons. The van der Waals surface area contributed by atoms with Crippen molar-refractivity contribution in [2.45, 2.75) is 32.4 Å². The van der Waals surface area contributed by atoms with Gasteiger partial charge in [-0.25, -0.2) is 4.79 Å². The van der Waals surface area contributed by atoms with Crippen molar-refractivity contribution in [3.8, 4) is 0 Å². The number of rotatable bonds is 1. The Morgan fingerprint density at radius 3 is 2.54 bits per heavy atom. The summed E-state index contributed by atoms with van der Waals surface area (Å²) >= 11 is 0. The van der Waals surface area contributed by atoms with Gasteiger partial charge in [-0.2, -0.15) is 0 Å². The van der Waals surface area contributed by atoms with Crippen LogP contribution in [-0.4, -0.2) is 40.8 Å². The standard InChI is InChI=1S/C8H13NO4/c1-5-7(13-6(2)10)3-4-9(5)8(11)12/h5,7H,3-4H2,1-2H3,(H,11,12)/t5?,7-/m0/s1. The number of ether oxygens (including phenoxy) is 1. The second-order valence-corrected chi connectivity index (χ2v) is 3.15. The summed E-state index contributed by atoms with van der Waals surface area (Å²) in [5.74, 6) is -0.357. The number of carboxylic acid groups (broad SMARTS) is 1. The molecule has 1 aliphatic heterocycles. The fraction of sp³-hybridized carbons (Fsp3) is 0.750. The summed E-state index contributed by atoms with van der Waals surface area (Å²) in [7, 11) is 0. The minimum absolute atomic E-state index is 0.235. The van der Waals surface area contributed by atoms with Crippen molar-refractivity contribution in [3.63, 3.8) is 0 Å². The number of esters is 1. The number of carbonyl (C=O) groups excluding carboxylic acids is 1. The van der Waals surface area contributed by atoms with Crippen LogP contribution in [0, 0.1) is 0 Å². The normalized spacial score (nSPS) is 27.4. The molecule has 5 nitrogen and oxygen atoms in total. The van der Waals surface area contributed by atoms with Crippen LogP contribution in [0.4, 0.5) is 4.79 Å². The Kier molecular flexibility index (Phi) is 2.75. The maximum Gasteiger partial charge on any atom is 0.407 e. The second kappa shape index (κ2) is 3.64. The largest absolute Gasteiger partial charge is 0.465 e. The van der Waals surface area contributed by atoms with Crippen LogP contribution in [-0.2, 0) is 9.53 Å². The smallest absolute Gasteiger partial charge is 0.407 e. The molecule has 0 aromatic heterocycles. The van der Waals surface area contributed by atoms with E-state index >= 15 is 0 Å². The van der Waals surface area contributed by atoms with E-state index in [2.05, 4.69) is 0 Å². The maximum atomic E-state index is 10.6. The highest BCUT2D eigenvalue weighted by Crippen LogP contribution is 2.20. The third-order valence-corrected chi connectivity index (χ3v) is 2.25. The number of hydrogen-bond acceptors (Lipinski definition) is 3. The molecule has 1 amide bonds. The summed E-state index contributed by atoms with van der Waals surface area (Å²) in [5.41, 5.74) is 0. The van der Waals surface area contributed by atoms with E-state index in [0.717, 1.165) is 0 Å². The molecule has 5 heteroatoms. The molecule has 0 aliphatic carbocycles. The summed E-state index contributed by atoms with van der Waals surface area (Å²) in [6.07, 6.45) is -0.650. The molecule has 13 heavy (non-hydrogen) atoms. The van der Waals surface area contributed by atoms with E-state index in [9.17, 15) is 9.59 Å². The first-order valence-corrected chi connectivity index (χ1v) is 4.19. The van der Waals surface area contributed by atoms with Crippen LogP contribution < -0.4 is 0 Å². The van der Waals surface area contributed by atoms with E-state index in [1.54, 1.807) is 6.92 Å². The minimum atomic E-state index is -0.956. The maximum absolute atomic E-state index is 10.6. The van der Waals surface area contributed by atoms with Gasteiger partial charge >= 0.3 is 12.1 Å². The molecule has 2 atom stereocenters. The van der Waals surface area contributed by atoms with Gasteiger partial charge in [0.1, 0.15) is 6.10 Å². The average molecular weight is 187 g/mol. The van der Waals surface area contributed by atoms with E-state index in [1.165, 1.54) is 11.8 Å². The lowest BCUT2D eigenvalue weighted by Gasteiger charge is -2.21. The second-order valence-electron chi connectivity index (χ2n) is 3.15. The van der Waals surface area contributed by atoms with Gasteiger partial charge in [0.15, 0.2) is 0 Å². The first-order chi connectivity index (χ1) is 6.02. The Labute approximate surface area is 76.3 Å². The van der Waals surface area contributed by atoms with Gasteiger partial charge in [-0.1, -0.05) is 0 Å². The number of nitrogens with zero attached hydrogens (tertiary/aromatic N) is 1. The fourth-order valence-corrected chi connectivity index (χ4v) is 1.55. The van der Waals surface area contributed by atoms with Gasteiger partial charge in [-0.15, -0.1) is 0 Å². The summed E-state index contributed by atoms with van der Waals surface area (Å²) < 4.78 is 4.96. The highest BCUT2D eigenvalue weighted by molar-refractivity contribution is 5.67. The van der Waals surface area contributed by atoms with Crippen LogP contribution in [0.2, 0.25) is 0 Å². The number of carbonyl (C=O) groups is 2. The van der Waals surface area contributed by atoms with E-state index in [0.29, 0.717) is 13.0 Å². The van der Waals surface area contributed by atoms with Gasteiger partial charge in [0.05, 0.1) is 6.04 Å². The third kappa shape index (κ3) is 2.11. The Morgan fingerprint density at radius 2 is 2.15 bits per heavy atom. The monoisotopic (exact) mass is 187 g/mol. The minimum Gasteiger partial charge on any atom is -0.465 e. The van der Waals surface area contributed by atoms with Crippen molar-refractivity contribution in [1.82, 2.24) is 4.90 Å². The van der Waals surface area contributed by atoms with Gasteiger partial charge in [0.2, 0.25) is 0 Å². The lowest BCUT2D eigenvalue weighted by atomic mass is 10.2. The molecule has 74 valence electrons. The first kappa shape index (κ1) is 9.83. The van der Waals surface area contributed by atoms with Crippen LogP contribution in [0.15, 0.2) is 0 Å². The van der Waals surface area contributed by atoms with Gasteiger partial charge in [-0.3, -0.25) is 4.79 Å². The summed E-state index contributed by atoms with van der Waals surface area (Å²) in [6.45, 7) is 3.51. The van der Waals surface area contributed by atoms with Gasteiger partial charge in [-0.05, 0) is 6.92 Å². The van der Waals surface area contributed by atoms with Crippen molar-refractivity contribution in [2.75, 3.05) is 6.54 Å². The molecule has 0 aromatic rings. The van der Waals surface area contributed by atoms with Crippen LogP contribution in [0.25, 0.3) is 0 Å². The predicted octanol–water partition coefficient (Wildman–Crippen LogP) is 0.690. The Morgan fingerprint density at radius 1 is 1.54 bits per heavy atom. The molecule has 0 saturated carbocycles. The predicted molar refractivity (Wildman–Crippen MR) is 44.4 cm³/mol. The van der Waals surface area contributed by atoms with Crippen LogP contribution in [0.1, 0.15) is 20.3 Å². The molecule has 1 unspecified atom stereocenters. The molecule has 1 saturated heterocycles. The lowest BCUT2D eigenvalue weighted by molar-refractivity contribution is -0.147. The van der Waals surface area contributed by atoms with Gasteiger partial charge in [0, 0.05) is 19.9 Å². The van der Waals surface area contributed by atoms with Crippen molar-refractivity contribution in [2.24, 2.45) is 0 Å². The molecular formula is C8H13NO4. The summed E-state index contributed by atoms with van der Waals surface area (Å²) in [6, 6.07) is -0.235. The van der Waals surface area contributed by atoms with E-state index in [4.69, 9.17) is 9.84 Å². The molecule has 0 aromatic carbocycles. The Bertz CT molecular complexity index is 228. The van der Waals surface area contributed by atoms with Crippen LogP contribution >= 0.6 is 0 Å². The van der Waals surface area contributed by atoms with Gasteiger partial charge in [0.25, 0.3) is 0 Å². The topological polar surface area (TPSA) is 66.8 Å². The lowest BCUT2D eigenvalue weighted by Crippen LogP contribution is -2.37. The van der Waals surface area contributed by atoms with Crippen molar-refractivity contribution in [3.05, 3.63) is 0 Å². The zero-order valence-corrected chi connectivity index (χ0v) is 7.69. The van der Waals surface area contributed by atoms with Crippen LogP contribution in [0.5, 0.6) is 0 Å². The molecule has 1 aliphatic rings.